The summed E-state index contributed by atoms with van der Waals surface area (Å²) >= 11 is 5.89. The van der Waals surface area contributed by atoms with Crippen LogP contribution in [0.5, 0.6) is 0 Å². The monoisotopic (exact) mass is 303 g/mol. The van der Waals surface area contributed by atoms with Gasteiger partial charge in [0, 0.05) is 18.8 Å². The highest BCUT2D eigenvalue weighted by Crippen LogP contribution is 2.21. The average molecular weight is 304 g/mol. The van der Waals surface area contributed by atoms with Gasteiger partial charge in [-0.05, 0) is 24.5 Å². The van der Waals surface area contributed by atoms with E-state index in [1.165, 1.54) is 12.8 Å². The van der Waals surface area contributed by atoms with E-state index >= 15 is 0 Å². The topological polar surface area (TPSA) is 41.6 Å². The fourth-order valence-electron chi connectivity index (χ4n) is 2.63. The lowest BCUT2D eigenvalue weighted by molar-refractivity contribution is 0.508. The number of aromatic nitrogens is 2. The molecule has 0 radical (unpaired) electrons. The Hall–Kier alpha value is -1.53. The van der Waals surface area contributed by atoms with Gasteiger partial charge in [0.2, 0.25) is 0 Å². The summed E-state index contributed by atoms with van der Waals surface area (Å²) in [5.41, 5.74) is 2.51. The first-order valence-electron chi connectivity index (χ1n) is 7.61. The van der Waals surface area contributed by atoms with E-state index in [0.717, 1.165) is 42.2 Å². The molecule has 1 aromatic heterocycles. The van der Waals surface area contributed by atoms with Crippen LogP contribution in [0.1, 0.15) is 44.5 Å². The van der Waals surface area contributed by atoms with Gasteiger partial charge in [0.1, 0.15) is 17.4 Å². The second-order valence-electron chi connectivity index (χ2n) is 5.79. The SMILES string of the molecule is CC(C)CCCCn1c(CCCl)nc2c(C#N)cccc21. The van der Waals surface area contributed by atoms with Crippen molar-refractivity contribution in [2.75, 3.05) is 5.88 Å². The van der Waals surface area contributed by atoms with Gasteiger partial charge in [-0.25, -0.2) is 4.98 Å². The zero-order valence-electron chi connectivity index (χ0n) is 12.8. The summed E-state index contributed by atoms with van der Waals surface area (Å²) in [4.78, 5) is 4.64. The highest BCUT2D eigenvalue weighted by atomic mass is 35.5. The van der Waals surface area contributed by atoms with Crippen molar-refractivity contribution >= 4 is 22.6 Å². The highest BCUT2D eigenvalue weighted by molar-refractivity contribution is 6.17. The van der Waals surface area contributed by atoms with Crippen molar-refractivity contribution < 1.29 is 0 Å². The van der Waals surface area contributed by atoms with Crippen LogP contribution in [0.15, 0.2) is 18.2 Å². The predicted octanol–water partition coefficient (Wildman–Crippen LogP) is 4.52. The van der Waals surface area contributed by atoms with Crippen LogP contribution in [-0.4, -0.2) is 15.4 Å². The second-order valence-corrected chi connectivity index (χ2v) is 6.17. The Balaban J connectivity index is 2.27. The lowest BCUT2D eigenvalue weighted by Crippen LogP contribution is -2.05. The smallest absolute Gasteiger partial charge is 0.111 e. The molecule has 0 N–H and O–H groups in total. The summed E-state index contributed by atoms with van der Waals surface area (Å²) in [5.74, 6) is 2.29. The number of hydrogen-bond acceptors (Lipinski definition) is 2. The van der Waals surface area contributed by atoms with Crippen LogP contribution in [0.3, 0.4) is 0 Å². The number of para-hydroxylation sites is 1. The van der Waals surface area contributed by atoms with Gasteiger partial charge in [-0.1, -0.05) is 32.8 Å². The minimum absolute atomic E-state index is 0.553. The molecule has 0 aliphatic heterocycles. The Morgan fingerprint density at radius 3 is 2.81 bits per heavy atom. The first-order chi connectivity index (χ1) is 10.2. The van der Waals surface area contributed by atoms with E-state index in [4.69, 9.17) is 11.6 Å². The van der Waals surface area contributed by atoms with Crippen LogP contribution < -0.4 is 0 Å². The van der Waals surface area contributed by atoms with Gasteiger partial charge < -0.3 is 4.57 Å². The number of fused-ring (bicyclic) bond motifs is 1. The summed E-state index contributed by atoms with van der Waals surface area (Å²) in [6.07, 6.45) is 4.34. The van der Waals surface area contributed by atoms with Crippen LogP contribution in [0, 0.1) is 17.2 Å². The summed E-state index contributed by atoms with van der Waals surface area (Å²) in [6.45, 7) is 5.46. The molecular formula is C17H22ClN3. The normalized spacial score (nSPS) is 11.2. The molecular weight excluding hydrogens is 282 g/mol. The van der Waals surface area contributed by atoms with E-state index in [-0.39, 0.29) is 0 Å². The largest absolute Gasteiger partial charge is 0.328 e. The van der Waals surface area contributed by atoms with E-state index in [2.05, 4.69) is 29.5 Å². The molecule has 1 heterocycles. The van der Waals surface area contributed by atoms with E-state index in [9.17, 15) is 5.26 Å². The quantitative estimate of drug-likeness (QED) is 0.557. The second kappa shape index (κ2) is 7.47. The lowest BCUT2D eigenvalue weighted by Gasteiger charge is -2.09. The number of unbranched alkanes of at least 4 members (excludes halogenated alkanes) is 1. The van der Waals surface area contributed by atoms with Gasteiger partial charge in [0.15, 0.2) is 0 Å². The first-order valence-corrected chi connectivity index (χ1v) is 8.15. The Bertz CT molecular complexity index is 637. The van der Waals surface area contributed by atoms with E-state index in [0.29, 0.717) is 11.4 Å². The van der Waals surface area contributed by atoms with Gasteiger partial charge in [0.05, 0.1) is 11.1 Å². The molecule has 0 aliphatic rings. The van der Waals surface area contributed by atoms with Crippen molar-refractivity contribution in [1.82, 2.24) is 9.55 Å². The minimum atomic E-state index is 0.553. The predicted molar refractivity (Wildman–Crippen MR) is 87.6 cm³/mol. The number of imidazole rings is 1. The zero-order valence-corrected chi connectivity index (χ0v) is 13.5. The molecule has 0 saturated heterocycles. The summed E-state index contributed by atoms with van der Waals surface area (Å²) in [6, 6.07) is 8.02. The Morgan fingerprint density at radius 1 is 1.33 bits per heavy atom. The number of rotatable bonds is 7. The van der Waals surface area contributed by atoms with Gasteiger partial charge in [-0.2, -0.15) is 5.26 Å². The summed E-state index contributed by atoms with van der Waals surface area (Å²) in [7, 11) is 0. The van der Waals surface area contributed by atoms with Crippen molar-refractivity contribution in [1.29, 1.82) is 5.26 Å². The van der Waals surface area contributed by atoms with Gasteiger partial charge in [-0.15, -0.1) is 11.6 Å². The maximum Gasteiger partial charge on any atom is 0.111 e. The summed E-state index contributed by atoms with van der Waals surface area (Å²) in [5, 5.41) is 9.22. The average Bonchev–Trinajstić information content (AvgIpc) is 2.81. The number of alkyl halides is 1. The van der Waals surface area contributed by atoms with E-state index < -0.39 is 0 Å². The fourth-order valence-corrected chi connectivity index (χ4v) is 2.80. The van der Waals surface area contributed by atoms with E-state index in [1.807, 2.05) is 18.2 Å². The molecule has 112 valence electrons. The molecule has 0 atom stereocenters. The molecule has 21 heavy (non-hydrogen) atoms. The van der Waals surface area contributed by atoms with Crippen LogP contribution in [0.25, 0.3) is 11.0 Å². The van der Waals surface area contributed by atoms with Crippen molar-refractivity contribution in [2.24, 2.45) is 5.92 Å². The number of hydrogen-bond donors (Lipinski definition) is 0. The first kappa shape index (κ1) is 15.9. The molecule has 0 amide bonds. The molecule has 0 spiro atoms. The van der Waals surface area contributed by atoms with Gasteiger partial charge in [0.25, 0.3) is 0 Å². The van der Waals surface area contributed by atoms with Crippen molar-refractivity contribution in [2.45, 2.75) is 46.1 Å². The van der Waals surface area contributed by atoms with E-state index in [1.54, 1.807) is 0 Å². The maximum atomic E-state index is 9.22. The molecule has 0 unspecified atom stereocenters. The number of nitriles is 1. The molecule has 0 saturated carbocycles. The maximum absolute atomic E-state index is 9.22. The van der Waals surface area contributed by atoms with Crippen LogP contribution in [0.2, 0.25) is 0 Å². The van der Waals surface area contributed by atoms with Crippen LogP contribution in [-0.2, 0) is 13.0 Å². The number of nitrogens with zero attached hydrogens (tertiary/aromatic N) is 3. The minimum Gasteiger partial charge on any atom is -0.328 e. The van der Waals surface area contributed by atoms with Crippen molar-refractivity contribution in [3.8, 4) is 6.07 Å². The zero-order chi connectivity index (χ0) is 15.2. The van der Waals surface area contributed by atoms with Crippen LogP contribution >= 0.6 is 11.6 Å². The molecule has 3 nitrogen and oxygen atoms in total. The summed E-state index contributed by atoms with van der Waals surface area (Å²) < 4.78 is 2.24. The fraction of sp³-hybridized carbons (Fsp3) is 0.529. The number of benzene rings is 1. The highest BCUT2D eigenvalue weighted by Gasteiger charge is 2.12. The third-order valence-corrected chi connectivity index (χ3v) is 3.90. The molecule has 2 rings (SSSR count). The van der Waals surface area contributed by atoms with Gasteiger partial charge in [-0.3, -0.25) is 0 Å². The van der Waals surface area contributed by atoms with Crippen LogP contribution in [0.4, 0.5) is 0 Å². The Kier molecular flexibility index (Phi) is 5.64. The molecule has 1 aromatic carbocycles. The Labute approximate surface area is 131 Å². The standard InChI is InChI=1S/C17H22ClN3/c1-13(2)6-3-4-11-21-15-8-5-7-14(12-19)17(15)20-16(21)9-10-18/h5,7-8,13H,3-4,6,9-11H2,1-2H3. The third kappa shape index (κ3) is 3.77. The van der Waals surface area contributed by atoms with Gasteiger partial charge >= 0.3 is 0 Å². The third-order valence-electron chi connectivity index (χ3n) is 3.71. The lowest BCUT2D eigenvalue weighted by atomic mass is 10.1. The molecule has 4 heteroatoms. The van der Waals surface area contributed by atoms with Crippen molar-refractivity contribution in [3.05, 3.63) is 29.6 Å². The molecule has 0 fully saturated rings. The van der Waals surface area contributed by atoms with Crippen molar-refractivity contribution in [3.63, 3.8) is 0 Å². The number of aryl methyl sites for hydroxylation is 2. The number of halogens is 1. The molecule has 0 aliphatic carbocycles. The molecule has 2 aromatic rings. The Morgan fingerprint density at radius 2 is 2.14 bits per heavy atom. The molecule has 0 bridgehead atoms.